The molecule has 0 aliphatic rings. The molecule has 0 N–H and O–H groups in total. The molecular weight excluding hydrogens is 291 g/mol. The Morgan fingerprint density at radius 1 is 1.54 bits per heavy atom. The summed E-state index contributed by atoms with van der Waals surface area (Å²) in [6.45, 7) is 4.31. The van der Waals surface area contributed by atoms with Crippen molar-refractivity contribution in [3.63, 3.8) is 0 Å². The SMILES string of the molecule is C/C=C\c1sc(CCCC)cc1I. The summed E-state index contributed by atoms with van der Waals surface area (Å²) in [5, 5.41) is 0. The second kappa shape index (κ2) is 5.81. The quantitative estimate of drug-likeness (QED) is 0.706. The first-order valence-electron chi connectivity index (χ1n) is 4.68. The first kappa shape index (κ1) is 11.2. The van der Waals surface area contributed by atoms with E-state index in [0.717, 1.165) is 0 Å². The van der Waals surface area contributed by atoms with Crippen molar-refractivity contribution in [2.24, 2.45) is 0 Å². The summed E-state index contributed by atoms with van der Waals surface area (Å²) in [5.74, 6) is 0. The van der Waals surface area contributed by atoms with Crippen molar-refractivity contribution >= 4 is 40.0 Å². The Bertz CT molecular complexity index is 286. The maximum Gasteiger partial charge on any atom is 0.0403 e. The summed E-state index contributed by atoms with van der Waals surface area (Å²) in [4.78, 5) is 2.94. The van der Waals surface area contributed by atoms with E-state index in [0.29, 0.717) is 0 Å². The second-order valence-electron chi connectivity index (χ2n) is 3.03. The summed E-state index contributed by atoms with van der Waals surface area (Å²) in [6, 6.07) is 2.32. The van der Waals surface area contributed by atoms with E-state index in [9.17, 15) is 0 Å². The fourth-order valence-electron chi connectivity index (χ4n) is 1.17. The van der Waals surface area contributed by atoms with Crippen molar-refractivity contribution < 1.29 is 0 Å². The Hall–Kier alpha value is 0.170. The number of thiophene rings is 1. The lowest BCUT2D eigenvalue weighted by molar-refractivity contribution is 0.804. The number of aryl methyl sites for hydroxylation is 1. The van der Waals surface area contributed by atoms with Gasteiger partial charge in [0.15, 0.2) is 0 Å². The normalized spacial score (nSPS) is 11.3. The van der Waals surface area contributed by atoms with E-state index in [1.807, 2.05) is 11.3 Å². The average Bonchev–Trinajstić information content (AvgIpc) is 2.45. The van der Waals surface area contributed by atoms with Gasteiger partial charge in [-0.05, 0) is 54.5 Å². The average molecular weight is 306 g/mol. The second-order valence-corrected chi connectivity index (χ2v) is 5.36. The van der Waals surface area contributed by atoms with Crippen LogP contribution in [0.1, 0.15) is 36.4 Å². The molecular formula is C11H15IS. The predicted octanol–water partition coefficient (Wildman–Crippen LogP) is 4.73. The molecule has 0 saturated carbocycles. The van der Waals surface area contributed by atoms with Crippen LogP contribution >= 0.6 is 33.9 Å². The Morgan fingerprint density at radius 3 is 2.92 bits per heavy atom. The lowest BCUT2D eigenvalue weighted by Gasteiger charge is -1.91. The standard InChI is InChI=1S/C11H15IS/c1-3-5-7-9-8-10(12)11(13-9)6-4-2/h4,6,8H,3,5,7H2,1-2H3/b6-4-. The van der Waals surface area contributed by atoms with Gasteiger partial charge in [0.2, 0.25) is 0 Å². The van der Waals surface area contributed by atoms with Crippen LogP contribution in [0.3, 0.4) is 0 Å². The van der Waals surface area contributed by atoms with Crippen molar-refractivity contribution in [2.45, 2.75) is 33.1 Å². The Morgan fingerprint density at radius 2 is 2.31 bits per heavy atom. The molecule has 0 spiro atoms. The molecule has 0 saturated heterocycles. The zero-order valence-electron chi connectivity index (χ0n) is 8.14. The number of hydrogen-bond donors (Lipinski definition) is 0. The van der Waals surface area contributed by atoms with Crippen LogP contribution in [0.5, 0.6) is 0 Å². The Labute approximate surface area is 98.2 Å². The smallest absolute Gasteiger partial charge is 0.0403 e. The molecule has 0 atom stereocenters. The van der Waals surface area contributed by atoms with E-state index in [1.54, 1.807) is 0 Å². The fraction of sp³-hybridized carbons (Fsp3) is 0.455. The summed E-state index contributed by atoms with van der Waals surface area (Å²) in [7, 11) is 0. The van der Waals surface area contributed by atoms with Crippen LogP contribution in [0.4, 0.5) is 0 Å². The molecule has 0 fully saturated rings. The molecule has 1 aromatic heterocycles. The van der Waals surface area contributed by atoms with Crippen molar-refractivity contribution in [1.29, 1.82) is 0 Å². The largest absolute Gasteiger partial charge is 0.140 e. The Balaban J connectivity index is 2.70. The highest BCUT2D eigenvalue weighted by atomic mass is 127. The molecule has 0 bridgehead atoms. The van der Waals surface area contributed by atoms with Crippen molar-refractivity contribution in [3.8, 4) is 0 Å². The molecule has 0 nitrogen and oxygen atoms in total. The molecule has 0 aliphatic heterocycles. The molecule has 1 heterocycles. The third-order valence-electron chi connectivity index (χ3n) is 1.86. The lowest BCUT2D eigenvalue weighted by atomic mass is 10.2. The van der Waals surface area contributed by atoms with Gasteiger partial charge < -0.3 is 0 Å². The number of halogens is 1. The summed E-state index contributed by atoms with van der Waals surface area (Å²) in [5.41, 5.74) is 0. The lowest BCUT2D eigenvalue weighted by Crippen LogP contribution is -1.76. The molecule has 0 aliphatic carbocycles. The van der Waals surface area contributed by atoms with Crippen LogP contribution in [0.2, 0.25) is 0 Å². The number of allylic oxidation sites excluding steroid dienone is 1. The number of unbranched alkanes of at least 4 members (excludes halogenated alkanes) is 1. The van der Waals surface area contributed by atoms with Crippen LogP contribution < -0.4 is 0 Å². The third-order valence-corrected chi connectivity index (χ3v) is 4.28. The molecule has 1 aromatic rings. The van der Waals surface area contributed by atoms with Crippen molar-refractivity contribution in [3.05, 3.63) is 25.5 Å². The van der Waals surface area contributed by atoms with Gasteiger partial charge in [-0.2, -0.15) is 0 Å². The first-order valence-corrected chi connectivity index (χ1v) is 6.58. The Kier molecular flexibility index (Phi) is 5.02. The molecule has 0 unspecified atom stereocenters. The molecule has 72 valence electrons. The van der Waals surface area contributed by atoms with Crippen LogP contribution in [0, 0.1) is 3.57 Å². The van der Waals surface area contributed by atoms with Gasteiger partial charge in [0.1, 0.15) is 0 Å². The summed E-state index contributed by atoms with van der Waals surface area (Å²) >= 11 is 4.35. The first-order chi connectivity index (χ1) is 6.27. The molecule has 1 rings (SSSR count). The van der Waals surface area contributed by atoms with Gasteiger partial charge >= 0.3 is 0 Å². The minimum absolute atomic E-state index is 1.24. The van der Waals surface area contributed by atoms with Gasteiger partial charge in [-0.25, -0.2) is 0 Å². The highest BCUT2D eigenvalue weighted by Crippen LogP contribution is 2.26. The highest BCUT2D eigenvalue weighted by Gasteiger charge is 2.02. The van der Waals surface area contributed by atoms with Crippen LogP contribution in [-0.4, -0.2) is 0 Å². The fourth-order valence-corrected chi connectivity index (χ4v) is 3.33. The van der Waals surface area contributed by atoms with E-state index in [1.165, 1.54) is 32.6 Å². The number of hydrogen-bond acceptors (Lipinski definition) is 1. The molecule has 13 heavy (non-hydrogen) atoms. The van der Waals surface area contributed by atoms with Gasteiger partial charge in [0.05, 0.1) is 0 Å². The van der Waals surface area contributed by atoms with Crippen LogP contribution in [-0.2, 0) is 6.42 Å². The van der Waals surface area contributed by atoms with Crippen molar-refractivity contribution in [1.82, 2.24) is 0 Å². The van der Waals surface area contributed by atoms with E-state index in [-0.39, 0.29) is 0 Å². The third kappa shape index (κ3) is 3.43. The van der Waals surface area contributed by atoms with E-state index < -0.39 is 0 Å². The summed E-state index contributed by atoms with van der Waals surface area (Å²) in [6.07, 6.45) is 8.15. The zero-order valence-corrected chi connectivity index (χ0v) is 11.1. The maximum absolute atomic E-state index is 2.42. The van der Waals surface area contributed by atoms with Crippen LogP contribution in [0.25, 0.3) is 6.08 Å². The minimum Gasteiger partial charge on any atom is -0.140 e. The molecule has 0 aromatic carbocycles. The van der Waals surface area contributed by atoms with Gasteiger partial charge in [0, 0.05) is 13.3 Å². The zero-order chi connectivity index (χ0) is 9.68. The van der Waals surface area contributed by atoms with Crippen LogP contribution in [0.15, 0.2) is 12.1 Å². The van der Waals surface area contributed by atoms with Gasteiger partial charge in [0.25, 0.3) is 0 Å². The van der Waals surface area contributed by atoms with Gasteiger partial charge in [-0.15, -0.1) is 11.3 Å². The van der Waals surface area contributed by atoms with E-state index in [2.05, 4.69) is 54.7 Å². The molecule has 2 heteroatoms. The van der Waals surface area contributed by atoms with Gasteiger partial charge in [-0.1, -0.05) is 19.4 Å². The molecule has 0 amide bonds. The highest BCUT2D eigenvalue weighted by molar-refractivity contribution is 14.1. The van der Waals surface area contributed by atoms with E-state index >= 15 is 0 Å². The minimum atomic E-state index is 1.24. The monoisotopic (exact) mass is 306 g/mol. The van der Waals surface area contributed by atoms with E-state index in [4.69, 9.17) is 0 Å². The number of rotatable bonds is 4. The van der Waals surface area contributed by atoms with Crippen molar-refractivity contribution in [2.75, 3.05) is 0 Å². The predicted molar refractivity (Wildman–Crippen MR) is 70.4 cm³/mol. The summed E-state index contributed by atoms with van der Waals surface area (Å²) < 4.78 is 1.40. The maximum atomic E-state index is 2.42. The topological polar surface area (TPSA) is 0 Å². The molecule has 0 radical (unpaired) electrons. The van der Waals surface area contributed by atoms with Gasteiger partial charge in [-0.3, -0.25) is 0 Å².